The molecule has 0 bridgehead atoms. The lowest BCUT2D eigenvalue weighted by Gasteiger charge is -2.30. The summed E-state index contributed by atoms with van der Waals surface area (Å²) in [4.78, 5) is 17.3. The summed E-state index contributed by atoms with van der Waals surface area (Å²) in [6.07, 6.45) is 0. The number of hydrogen-bond acceptors (Lipinski definition) is 3. The summed E-state index contributed by atoms with van der Waals surface area (Å²) >= 11 is 6.04. The number of piperazine rings is 1. The topological polar surface area (TPSA) is 47.7 Å². The highest BCUT2D eigenvalue weighted by Gasteiger charge is 2.26. The molecule has 1 amide bonds. The Morgan fingerprint density at radius 3 is 2.55 bits per heavy atom. The van der Waals surface area contributed by atoms with Crippen molar-refractivity contribution in [1.82, 2.24) is 4.90 Å². The molecule has 0 spiro atoms. The number of quaternary nitrogens is 2. The maximum absolute atomic E-state index is 12.6. The van der Waals surface area contributed by atoms with E-state index in [1.807, 2.05) is 37.4 Å². The number of carbonyl (C=O) groups is 1. The Labute approximate surface area is 176 Å². The van der Waals surface area contributed by atoms with Crippen molar-refractivity contribution < 1.29 is 24.1 Å². The fourth-order valence-electron chi connectivity index (χ4n) is 4.00. The Hall–Kier alpha value is -2.28. The number of halogens is 1. The van der Waals surface area contributed by atoms with Gasteiger partial charge in [-0.1, -0.05) is 23.7 Å². The van der Waals surface area contributed by atoms with Crippen molar-refractivity contribution in [2.45, 2.75) is 13.1 Å². The molecular weight excluding hydrogens is 390 g/mol. The number of ether oxygens (including phenoxy) is 2. The van der Waals surface area contributed by atoms with E-state index in [0.717, 1.165) is 49.8 Å². The molecule has 2 aliphatic rings. The van der Waals surface area contributed by atoms with Gasteiger partial charge in [-0.2, -0.15) is 0 Å². The smallest absolute Gasteiger partial charge is 0.277 e. The fourth-order valence-corrected chi connectivity index (χ4v) is 4.21. The Bertz CT molecular complexity index is 868. The molecule has 29 heavy (non-hydrogen) atoms. The van der Waals surface area contributed by atoms with Gasteiger partial charge in [-0.05, 0) is 35.9 Å². The second kappa shape index (κ2) is 9.03. The molecular formula is C22H28ClN3O3+2. The van der Waals surface area contributed by atoms with Gasteiger partial charge in [-0.3, -0.25) is 4.79 Å². The van der Waals surface area contributed by atoms with Crippen molar-refractivity contribution in [3.05, 3.63) is 58.6 Å². The Morgan fingerprint density at radius 1 is 1.00 bits per heavy atom. The standard InChI is InChI=1S/C22H26ClN3O3/c1-24(13-17-3-2-4-19(23)11-17)22(27)15-26-9-7-25(8-10-26)14-18-5-6-20-21(12-18)29-16-28-20/h2-6,11-12H,7-10,13-16H2,1H3/p+2. The number of rotatable bonds is 6. The molecule has 6 nitrogen and oxygen atoms in total. The van der Waals surface area contributed by atoms with E-state index in [0.29, 0.717) is 24.9 Å². The van der Waals surface area contributed by atoms with Crippen molar-refractivity contribution in [3.63, 3.8) is 0 Å². The fraction of sp³-hybridized carbons (Fsp3) is 0.409. The van der Waals surface area contributed by atoms with Crippen LogP contribution in [0.2, 0.25) is 5.02 Å². The predicted molar refractivity (Wildman–Crippen MR) is 110 cm³/mol. The van der Waals surface area contributed by atoms with Gasteiger partial charge in [-0.25, -0.2) is 0 Å². The zero-order valence-corrected chi connectivity index (χ0v) is 17.5. The number of likely N-dealkylation sites (N-methyl/N-ethyl adjacent to an activating group) is 1. The van der Waals surface area contributed by atoms with Gasteiger partial charge >= 0.3 is 0 Å². The summed E-state index contributed by atoms with van der Waals surface area (Å²) in [6, 6.07) is 13.9. The normalized spacial score (nSPS) is 20.5. The second-order valence-corrected chi connectivity index (χ2v) is 8.36. The molecule has 1 fully saturated rings. The largest absolute Gasteiger partial charge is 0.454 e. The third-order valence-electron chi connectivity index (χ3n) is 5.69. The summed E-state index contributed by atoms with van der Waals surface area (Å²) in [5.41, 5.74) is 2.33. The van der Waals surface area contributed by atoms with Gasteiger partial charge in [-0.15, -0.1) is 0 Å². The minimum absolute atomic E-state index is 0.180. The van der Waals surface area contributed by atoms with Crippen molar-refractivity contribution >= 4 is 17.5 Å². The summed E-state index contributed by atoms with van der Waals surface area (Å²) in [7, 11) is 1.86. The number of carbonyl (C=O) groups excluding carboxylic acids is 1. The molecule has 2 aromatic rings. The van der Waals surface area contributed by atoms with Gasteiger partial charge in [0.2, 0.25) is 6.79 Å². The van der Waals surface area contributed by atoms with Crippen LogP contribution in [0.5, 0.6) is 11.5 Å². The Kier molecular flexibility index (Phi) is 6.23. The highest BCUT2D eigenvalue weighted by Crippen LogP contribution is 2.32. The van der Waals surface area contributed by atoms with Crippen molar-refractivity contribution in [1.29, 1.82) is 0 Å². The second-order valence-electron chi connectivity index (χ2n) is 7.92. The molecule has 2 N–H and O–H groups in total. The van der Waals surface area contributed by atoms with Crippen LogP contribution in [-0.4, -0.2) is 57.4 Å². The summed E-state index contributed by atoms with van der Waals surface area (Å²) in [5, 5.41) is 0.704. The third kappa shape index (κ3) is 5.21. The molecule has 4 rings (SSSR count). The van der Waals surface area contributed by atoms with Gasteiger partial charge in [0, 0.05) is 24.2 Å². The minimum atomic E-state index is 0.180. The zero-order valence-electron chi connectivity index (χ0n) is 16.7. The quantitative estimate of drug-likeness (QED) is 0.696. The summed E-state index contributed by atoms with van der Waals surface area (Å²) < 4.78 is 10.9. The zero-order chi connectivity index (χ0) is 20.2. The molecule has 154 valence electrons. The molecule has 2 aliphatic heterocycles. The molecule has 0 radical (unpaired) electrons. The van der Waals surface area contributed by atoms with Crippen LogP contribution in [0.4, 0.5) is 0 Å². The van der Waals surface area contributed by atoms with Crippen LogP contribution in [0, 0.1) is 0 Å². The van der Waals surface area contributed by atoms with E-state index >= 15 is 0 Å². The van der Waals surface area contributed by atoms with Gasteiger partial charge < -0.3 is 24.2 Å². The number of fused-ring (bicyclic) bond motifs is 1. The van der Waals surface area contributed by atoms with Crippen molar-refractivity contribution in [2.24, 2.45) is 0 Å². The molecule has 0 aromatic heterocycles. The molecule has 1 saturated heterocycles. The predicted octanol–water partition coefficient (Wildman–Crippen LogP) is 0.0107. The maximum Gasteiger partial charge on any atom is 0.277 e. The van der Waals surface area contributed by atoms with Crippen LogP contribution < -0.4 is 19.3 Å². The van der Waals surface area contributed by atoms with E-state index in [2.05, 4.69) is 12.1 Å². The van der Waals surface area contributed by atoms with Crippen LogP contribution in [0.1, 0.15) is 11.1 Å². The van der Waals surface area contributed by atoms with E-state index < -0.39 is 0 Å². The van der Waals surface area contributed by atoms with E-state index in [9.17, 15) is 4.79 Å². The van der Waals surface area contributed by atoms with Crippen LogP contribution in [0.25, 0.3) is 0 Å². The van der Waals surface area contributed by atoms with E-state index in [1.54, 1.807) is 9.80 Å². The van der Waals surface area contributed by atoms with Crippen LogP contribution in [-0.2, 0) is 17.9 Å². The first-order valence-corrected chi connectivity index (χ1v) is 10.5. The number of nitrogens with one attached hydrogen (secondary N) is 2. The lowest BCUT2D eigenvalue weighted by atomic mass is 10.1. The first-order chi connectivity index (χ1) is 14.1. The van der Waals surface area contributed by atoms with E-state index in [4.69, 9.17) is 21.1 Å². The first-order valence-electron chi connectivity index (χ1n) is 10.1. The molecule has 0 aliphatic carbocycles. The lowest BCUT2D eigenvalue weighted by molar-refractivity contribution is -1.02. The summed E-state index contributed by atoms with van der Waals surface area (Å²) in [5.74, 6) is 1.86. The number of nitrogens with zero attached hydrogens (tertiary/aromatic N) is 1. The molecule has 0 atom stereocenters. The van der Waals surface area contributed by atoms with Crippen LogP contribution >= 0.6 is 11.6 Å². The Morgan fingerprint density at radius 2 is 1.76 bits per heavy atom. The highest BCUT2D eigenvalue weighted by molar-refractivity contribution is 6.30. The van der Waals surface area contributed by atoms with Crippen molar-refractivity contribution in [2.75, 3.05) is 46.6 Å². The SMILES string of the molecule is CN(Cc1cccc(Cl)c1)C(=O)C[NH+]1CC[NH+](Cc2ccc3c(c2)OCO3)CC1. The summed E-state index contributed by atoms with van der Waals surface area (Å²) in [6.45, 7) is 6.58. The number of benzene rings is 2. The maximum atomic E-state index is 12.6. The van der Waals surface area contributed by atoms with E-state index in [-0.39, 0.29) is 5.91 Å². The number of hydrogen-bond donors (Lipinski definition) is 2. The molecule has 0 saturated carbocycles. The van der Waals surface area contributed by atoms with Gasteiger partial charge in [0.25, 0.3) is 5.91 Å². The molecule has 2 heterocycles. The minimum Gasteiger partial charge on any atom is -0.454 e. The van der Waals surface area contributed by atoms with Gasteiger partial charge in [0.15, 0.2) is 18.0 Å². The van der Waals surface area contributed by atoms with Gasteiger partial charge in [0.05, 0.1) is 0 Å². The van der Waals surface area contributed by atoms with Gasteiger partial charge in [0.1, 0.15) is 32.7 Å². The third-order valence-corrected chi connectivity index (χ3v) is 5.93. The average Bonchev–Trinajstić information content (AvgIpc) is 3.17. The van der Waals surface area contributed by atoms with Crippen LogP contribution in [0.15, 0.2) is 42.5 Å². The average molecular weight is 418 g/mol. The Balaban J connectivity index is 1.22. The molecule has 2 aromatic carbocycles. The molecule has 7 heteroatoms. The van der Waals surface area contributed by atoms with Crippen LogP contribution in [0.3, 0.4) is 0 Å². The molecule has 0 unspecified atom stereocenters. The van der Waals surface area contributed by atoms with Crippen molar-refractivity contribution in [3.8, 4) is 11.5 Å². The monoisotopic (exact) mass is 417 g/mol. The first kappa shape index (κ1) is 20.0. The highest BCUT2D eigenvalue weighted by atomic mass is 35.5. The number of amides is 1. The lowest BCUT2D eigenvalue weighted by Crippen LogP contribution is -3.28. The van der Waals surface area contributed by atoms with E-state index in [1.165, 1.54) is 10.5 Å².